The van der Waals surface area contributed by atoms with Crippen LogP contribution in [0.25, 0.3) is 10.2 Å². The molecule has 3 aromatic rings. The van der Waals surface area contributed by atoms with E-state index >= 15 is 0 Å². The maximum Gasteiger partial charge on any atom is 0.268 e. The lowest BCUT2D eigenvalue weighted by Gasteiger charge is -2.09. The van der Waals surface area contributed by atoms with Crippen molar-refractivity contribution in [1.82, 2.24) is 15.2 Å². The second-order valence-corrected chi connectivity index (χ2v) is 6.59. The predicted molar refractivity (Wildman–Crippen MR) is 96.2 cm³/mol. The second-order valence-electron chi connectivity index (χ2n) is 5.64. The minimum atomic E-state index is -0.244. The molecule has 124 valence electrons. The van der Waals surface area contributed by atoms with E-state index in [4.69, 9.17) is 0 Å². The van der Waals surface area contributed by atoms with Crippen molar-refractivity contribution in [2.45, 2.75) is 13.5 Å². The van der Waals surface area contributed by atoms with Crippen LogP contribution in [0.15, 0.2) is 41.8 Å². The Balaban J connectivity index is 1.54. The SMILES string of the molecule is Cc1ccccc1CNC(=O)CNC(=O)c1cc2sccc2n1C. The lowest BCUT2D eigenvalue weighted by Crippen LogP contribution is -2.37. The molecular weight excluding hydrogens is 322 g/mol. The molecule has 2 heterocycles. The van der Waals surface area contributed by atoms with Gasteiger partial charge in [-0.25, -0.2) is 0 Å². The fourth-order valence-corrected chi connectivity index (χ4v) is 3.43. The summed E-state index contributed by atoms with van der Waals surface area (Å²) in [4.78, 5) is 24.2. The van der Waals surface area contributed by atoms with Crippen LogP contribution in [0.3, 0.4) is 0 Å². The summed E-state index contributed by atoms with van der Waals surface area (Å²) in [7, 11) is 1.85. The summed E-state index contributed by atoms with van der Waals surface area (Å²) in [5, 5.41) is 7.49. The van der Waals surface area contributed by atoms with E-state index in [0.29, 0.717) is 12.2 Å². The number of benzene rings is 1. The topological polar surface area (TPSA) is 63.1 Å². The third kappa shape index (κ3) is 3.33. The molecular formula is C18H19N3O2S. The molecule has 0 spiro atoms. The molecule has 0 saturated carbocycles. The van der Waals surface area contributed by atoms with E-state index in [1.807, 2.05) is 60.3 Å². The van der Waals surface area contributed by atoms with E-state index in [-0.39, 0.29) is 18.4 Å². The smallest absolute Gasteiger partial charge is 0.268 e. The van der Waals surface area contributed by atoms with Crippen molar-refractivity contribution in [3.8, 4) is 0 Å². The van der Waals surface area contributed by atoms with Gasteiger partial charge in [0, 0.05) is 13.6 Å². The van der Waals surface area contributed by atoms with Crippen molar-refractivity contribution < 1.29 is 9.59 Å². The highest BCUT2D eigenvalue weighted by Gasteiger charge is 2.14. The van der Waals surface area contributed by atoms with Gasteiger partial charge in [-0.1, -0.05) is 24.3 Å². The van der Waals surface area contributed by atoms with Crippen LogP contribution in [-0.4, -0.2) is 22.9 Å². The molecule has 0 aliphatic rings. The average Bonchev–Trinajstić information content (AvgIpc) is 3.15. The van der Waals surface area contributed by atoms with Gasteiger partial charge in [-0.3, -0.25) is 9.59 Å². The Kier molecular flexibility index (Phi) is 4.66. The van der Waals surface area contributed by atoms with Crippen LogP contribution in [0.4, 0.5) is 0 Å². The average molecular weight is 341 g/mol. The lowest BCUT2D eigenvalue weighted by atomic mass is 10.1. The molecule has 24 heavy (non-hydrogen) atoms. The Hall–Kier alpha value is -2.60. The van der Waals surface area contributed by atoms with E-state index in [2.05, 4.69) is 10.6 Å². The van der Waals surface area contributed by atoms with Crippen LogP contribution < -0.4 is 10.6 Å². The van der Waals surface area contributed by atoms with Crippen LogP contribution in [0.2, 0.25) is 0 Å². The van der Waals surface area contributed by atoms with E-state index in [1.165, 1.54) is 0 Å². The zero-order valence-electron chi connectivity index (χ0n) is 13.6. The van der Waals surface area contributed by atoms with Gasteiger partial charge in [0.2, 0.25) is 5.91 Å². The summed E-state index contributed by atoms with van der Waals surface area (Å²) in [5.41, 5.74) is 3.78. The van der Waals surface area contributed by atoms with Gasteiger partial charge in [0.25, 0.3) is 5.91 Å². The van der Waals surface area contributed by atoms with Crippen molar-refractivity contribution in [3.63, 3.8) is 0 Å². The van der Waals surface area contributed by atoms with Gasteiger partial charge in [0.05, 0.1) is 16.8 Å². The van der Waals surface area contributed by atoms with Gasteiger partial charge in [-0.15, -0.1) is 11.3 Å². The first-order chi connectivity index (χ1) is 11.6. The monoisotopic (exact) mass is 341 g/mol. The number of thiophene rings is 1. The third-order valence-electron chi connectivity index (χ3n) is 4.04. The Labute approximate surface area is 144 Å². The highest BCUT2D eigenvalue weighted by atomic mass is 32.1. The zero-order valence-corrected chi connectivity index (χ0v) is 14.4. The number of nitrogens with zero attached hydrogens (tertiary/aromatic N) is 1. The van der Waals surface area contributed by atoms with Crippen molar-refractivity contribution in [3.05, 3.63) is 58.6 Å². The first-order valence-corrected chi connectivity index (χ1v) is 8.56. The maximum atomic E-state index is 12.3. The predicted octanol–water partition coefficient (Wildman–Crippen LogP) is 2.59. The van der Waals surface area contributed by atoms with Crippen molar-refractivity contribution in [2.24, 2.45) is 7.05 Å². The zero-order chi connectivity index (χ0) is 17.1. The molecule has 5 nitrogen and oxygen atoms in total. The number of rotatable bonds is 5. The van der Waals surface area contributed by atoms with Crippen LogP contribution in [-0.2, 0) is 18.4 Å². The van der Waals surface area contributed by atoms with E-state index in [0.717, 1.165) is 21.3 Å². The summed E-state index contributed by atoms with van der Waals surface area (Å²) < 4.78 is 2.90. The number of hydrogen-bond donors (Lipinski definition) is 2. The minimum Gasteiger partial charge on any atom is -0.350 e. The van der Waals surface area contributed by atoms with Crippen LogP contribution in [0.5, 0.6) is 0 Å². The van der Waals surface area contributed by atoms with Gasteiger partial charge < -0.3 is 15.2 Å². The molecule has 0 atom stereocenters. The van der Waals surface area contributed by atoms with Gasteiger partial charge in [0.1, 0.15) is 5.69 Å². The summed E-state index contributed by atoms with van der Waals surface area (Å²) in [5.74, 6) is -0.449. The third-order valence-corrected chi connectivity index (χ3v) is 4.90. The van der Waals surface area contributed by atoms with Gasteiger partial charge in [-0.05, 0) is 35.6 Å². The molecule has 2 amide bonds. The Morgan fingerprint density at radius 3 is 2.71 bits per heavy atom. The van der Waals surface area contributed by atoms with Crippen LogP contribution in [0.1, 0.15) is 21.6 Å². The molecule has 0 aliphatic carbocycles. The van der Waals surface area contributed by atoms with E-state index in [9.17, 15) is 9.59 Å². The van der Waals surface area contributed by atoms with Gasteiger partial charge in [-0.2, -0.15) is 0 Å². The van der Waals surface area contributed by atoms with E-state index < -0.39 is 0 Å². The molecule has 0 fully saturated rings. The molecule has 3 rings (SSSR count). The number of aromatic nitrogens is 1. The van der Waals surface area contributed by atoms with E-state index in [1.54, 1.807) is 11.3 Å². The van der Waals surface area contributed by atoms with Crippen molar-refractivity contribution >= 4 is 33.4 Å². The highest BCUT2D eigenvalue weighted by Crippen LogP contribution is 2.23. The largest absolute Gasteiger partial charge is 0.350 e. The highest BCUT2D eigenvalue weighted by molar-refractivity contribution is 7.17. The second kappa shape index (κ2) is 6.88. The van der Waals surface area contributed by atoms with Gasteiger partial charge >= 0.3 is 0 Å². The normalized spacial score (nSPS) is 10.8. The molecule has 0 radical (unpaired) electrons. The summed E-state index contributed by atoms with van der Waals surface area (Å²) in [6.45, 7) is 2.43. The van der Waals surface area contributed by atoms with Crippen LogP contribution >= 0.6 is 11.3 Å². The molecule has 0 bridgehead atoms. The number of hydrogen-bond acceptors (Lipinski definition) is 3. The molecule has 2 aromatic heterocycles. The Morgan fingerprint density at radius 1 is 1.17 bits per heavy atom. The number of fused-ring (bicyclic) bond motifs is 1. The Bertz CT molecular complexity index is 895. The standard InChI is InChI=1S/C18H19N3O2S/c1-12-5-3-4-6-13(12)10-19-17(22)11-20-18(23)15-9-16-14(21(15)2)7-8-24-16/h3-9H,10-11H2,1-2H3,(H,19,22)(H,20,23). The first-order valence-electron chi connectivity index (χ1n) is 7.68. The van der Waals surface area contributed by atoms with Gasteiger partial charge in [0.15, 0.2) is 0 Å². The number of carbonyl (C=O) groups is 2. The van der Waals surface area contributed by atoms with Crippen molar-refractivity contribution in [1.29, 1.82) is 0 Å². The lowest BCUT2D eigenvalue weighted by molar-refractivity contribution is -0.120. The maximum absolute atomic E-state index is 12.3. The molecule has 0 aliphatic heterocycles. The number of amides is 2. The number of nitrogens with one attached hydrogen (secondary N) is 2. The molecule has 0 saturated heterocycles. The fraction of sp³-hybridized carbons (Fsp3) is 0.222. The molecule has 6 heteroatoms. The molecule has 0 unspecified atom stereocenters. The minimum absolute atomic E-state index is 0.0382. The first kappa shape index (κ1) is 16.3. The quantitative estimate of drug-likeness (QED) is 0.749. The summed E-state index contributed by atoms with van der Waals surface area (Å²) >= 11 is 1.59. The summed E-state index contributed by atoms with van der Waals surface area (Å²) in [6, 6.07) is 11.7. The van der Waals surface area contributed by atoms with Crippen molar-refractivity contribution in [2.75, 3.05) is 6.54 Å². The fourth-order valence-electron chi connectivity index (χ4n) is 2.58. The number of aryl methyl sites for hydroxylation is 2. The number of carbonyl (C=O) groups excluding carboxylic acids is 2. The van der Waals surface area contributed by atoms with Crippen LogP contribution in [0, 0.1) is 6.92 Å². The summed E-state index contributed by atoms with van der Waals surface area (Å²) in [6.07, 6.45) is 0. The Morgan fingerprint density at radius 2 is 1.96 bits per heavy atom. The molecule has 2 N–H and O–H groups in total. The molecule has 1 aromatic carbocycles.